The molecule has 0 saturated carbocycles. The topological polar surface area (TPSA) is 163 Å². The fourth-order valence-corrected chi connectivity index (χ4v) is 10.2. The van der Waals surface area contributed by atoms with Crippen LogP contribution in [-0.4, -0.2) is 132 Å². The zero-order valence-corrected chi connectivity index (χ0v) is 38.7. The van der Waals surface area contributed by atoms with Crippen LogP contribution in [0.15, 0.2) is 54.9 Å². The number of amides is 1. The molecule has 1 amide bonds. The minimum atomic E-state index is -1.40. The molecule has 3 aliphatic heterocycles. The molecule has 3 aliphatic rings. The maximum Gasteiger partial charge on any atom is 0.410 e. The van der Waals surface area contributed by atoms with Crippen molar-refractivity contribution < 1.29 is 52.7 Å². The smallest absolute Gasteiger partial charge is 0.410 e. The van der Waals surface area contributed by atoms with Gasteiger partial charge in [-0.05, 0) is 97.5 Å². The van der Waals surface area contributed by atoms with Gasteiger partial charge in [0.05, 0.1) is 36.2 Å². The van der Waals surface area contributed by atoms with Crippen LogP contribution in [0, 0.1) is 23.7 Å². The molecule has 3 saturated heterocycles. The number of cyclic esters (lactones) is 1. The highest BCUT2D eigenvalue weighted by Crippen LogP contribution is 2.44. The van der Waals surface area contributed by atoms with Crippen LogP contribution in [0.25, 0.3) is 0 Å². The van der Waals surface area contributed by atoms with Crippen molar-refractivity contribution in [2.45, 2.75) is 160 Å². The summed E-state index contributed by atoms with van der Waals surface area (Å²) < 4.78 is 38.5. The van der Waals surface area contributed by atoms with E-state index in [0.29, 0.717) is 24.9 Å². The normalized spacial score (nSPS) is 36.1. The van der Waals surface area contributed by atoms with E-state index in [2.05, 4.69) is 17.1 Å². The lowest BCUT2D eigenvalue weighted by Gasteiger charge is -2.48. The number of pyridine rings is 1. The monoisotopic (exact) mass is 866 g/mol. The number of aliphatic hydroxyl groups is 1. The second-order valence-electron chi connectivity index (χ2n) is 18.5. The number of aryl methyl sites for hydroxylation is 1. The molecule has 0 bridgehead atoms. The van der Waals surface area contributed by atoms with E-state index in [4.69, 9.17) is 28.4 Å². The second kappa shape index (κ2) is 21.2. The zero-order chi connectivity index (χ0) is 45.5. The summed E-state index contributed by atoms with van der Waals surface area (Å²) in [7, 11) is 5.30. The van der Waals surface area contributed by atoms with E-state index in [1.54, 1.807) is 50.2 Å². The molecule has 14 nitrogen and oxygen atoms in total. The molecule has 1 aromatic carbocycles. The van der Waals surface area contributed by atoms with Gasteiger partial charge in [0.25, 0.3) is 0 Å². The molecule has 14 atom stereocenters. The molecule has 0 unspecified atom stereocenters. The average Bonchev–Trinajstić information content (AvgIpc) is 3.51. The summed E-state index contributed by atoms with van der Waals surface area (Å²) in [6, 6.07) is 12.5. The lowest BCUT2D eigenvalue weighted by Crippen LogP contribution is -2.61. The summed E-state index contributed by atoms with van der Waals surface area (Å²) in [5.41, 5.74) is -0.861. The van der Waals surface area contributed by atoms with Gasteiger partial charge in [-0.2, -0.15) is 0 Å². The van der Waals surface area contributed by atoms with Gasteiger partial charge in [-0.3, -0.25) is 19.4 Å². The van der Waals surface area contributed by atoms with Gasteiger partial charge in [0.2, 0.25) is 0 Å². The number of hydrogen-bond acceptors (Lipinski definition) is 13. The van der Waals surface area contributed by atoms with Crippen molar-refractivity contribution in [3.8, 4) is 0 Å². The van der Waals surface area contributed by atoms with E-state index in [-0.39, 0.29) is 37.2 Å². The first-order chi connectivity index (χ1) is 29.3. The Hall–Kier alpha value is -3.95. The Labute approximate surface area is 368 Å². The molecule has 3 fully saturated rings. The molecule has 0 radical (unpaired) electrons. The molecule has 5 rings (SSSR count). The molecule has 0 spiro atoms. The van der Waals surface area contributed by atoms with Crippen LogP contribution in [0.4, 0.5) is 4.79 Å². The number of fused-ring (bicyclic) bond motifs is 1. The first kappa shape index (κ1) is 49.1. The number of benzene rings is 1. The van der Waals surface area contributed by atoms with Gasteiger partial charge in [0.1, 0.15) is 24.1 Å². The fraction of sp³-hybridized carbons (Fsp3) is 0.688. The average molecular weight is 866 g/mol. The van der Waals surface area contributed by atoms with Gasteiger partial charge in [0.15, 0.2) is 11.9 Å². The van der Waals surface area contributed by atoms with Crippen molar-refractivity contribution >= 4 is 23.8 Å². The molecule has 1 aromatic heterocycles. The standard InChI is InChI=1S/C48H71N3O11/c1-12-37-48(8)42(51(46(56)62-48)24-17-16-21-34-19-14-13-15-20-34)31(4)39(53)29(2)27-47(7,57-11)43(61-45-40(54)36(50(9)10)25-30(3)58-45)32(5)41(33(6)44(55)59-37)60-38(52)26-35-22-18-23-49-28-35/h13-15,18-20,22-23,28-33,36-37,40-43,45,54H,12,16-17,21,24-27H2,1-11H3/t29-,30-,31+,32+,33-,36+,37-,40-,41+,42-,43-,45+,47+,48-/m1/s1. The van der Waals surface area contributed by atoms with Crippen molar-refractivity contribution in [2.24, 2.45) is 23.7 Å². The van der Waals surface area contributed by atoms with Gasteiger partial charge in [-0.25, -0.2) is 4.79 Å². The molecule has 4 heterocycles. The Balaban J connectivity index is 1.57. The van der Waals surface area contributed by atoms with E-state index in [0.717, 1.165) is 12.8 Å². The van der Waals surface area contributed by atoms with Crippen molar-refractivity contribution in [3.63, 3.8) is 0 Å². The van der Waals surface area contributed by atoms with Gasteiger partial charge in [-0.1, -0.05) is 64.1 Å². The Kier molecular flexibility index (Phi) is 16.7. The maximum absolute atomic E-state index is 14.9. The van der Waals surface area contributed by atoms with Crippen LogP contribution in [0.1, 0.15) is 98.6 Å². The summed E-state index contributed by atoms with van der Waals surface area (Å²) in [5, 5.41) is 11.7. The van der Waals surface area contributed by atoms with Crippen LogP contribution >= 0.6 is 0 Å². The Morgan fingerprint density at radius 2 is 1.68 bits per heavy atom. The summed E-state index contributed by atoms with van der Waals surface area (Å²) >= 11 is 0. The molecule has 0 aliphatic carbocycles. The van der Waals surface area contributed by atoms with Crippen LogP contribution in [0.2, 0.25) is 0 Å². The minimum absolute atomic E-state index is 0.115. The number of hydrogen-bond donors (Lipinski definition) is 1. The fourth-order valence-electron chi connectivity index (χ4n) is 10.2. The van der Waals surface area contributed by atoms with Gasteiger partial charge >= 0.3 is 18.0 Å². The van der Waals surface area contributed by atoms with Gasteiger partial charge < -0.3 is 43.3 Å². The summed E-state index contributed by atoms with van der Waals surface area (Å²) in [6.45, 7) is 14.8. The van der Waals surface area contributed by atoms with Gasteiger partial charge in [0, 0.05) is 49.8 Å². The Bertz CT molecular complexity index is 1800. The number of unbranched alkanes of at least 4 members (excludes halogenated alkanes) is 1. The first-order valence-corrected chi connectivity index (χ1v) is 22.4. The number of nitrogens with zero attached hydrogens (tertiary/aromatic N) is 3. The number of esters is 2. The number of aromatic nitrogens is 1. The largest absolute Gasteiger partial charge is 0.461 e. The quantitative estimate of drug-likeness (QED) is 0.138. The van der Waals surface area contributed by atoms with Crippen molar-refractivity contribution in [1.29, 1.82) is 0 Å². The molecule has 1 N–H and O–H groups in total. The number of likely N-dealkylation sites (N-methyl/N-ethyl adjacent to an activating group) is 1. The lowest BCUT2D eigenvalue weighted by molar-refractivity contribution is -0.301. The lowest BCUT2D eigenvalue weighted by atomic mass is 9.73. The predicted molar refractivity (Wildman–Crippen MR) is 232 cm³/mol. The number of ether oxygens (including phenoxy) is 6. The third kappa shape index (κ3) is 11.0. The van der Waals surface area contributed by atoms with Crippen LogP contribution in [0.5, 0.6) is 0 Å². The first-order valence-electron chi connectivity index (χ1n) is 22.4. The SMILES string of the molecule is CC[C@H]1OC(=O)[C@H](C)[C@@H](OC(=O)Cc2cccnc2)[C@H](C)[C@@H](O[C@@H]2O[C@H](C)C[C@H](N(C)C)[C@H]2O)[C@@](C)(OC)C[C@@H](C)C(=O)[C@H](C)[C@H]2N(CCCCc3ccccc3)C(=O)O[C@]12C. The molecule has 344 valence electrons. The van der Waals surface area contributed by atoms with E-state index in [1.165, 1.54) is 12.7 Å². The Morgan fingerprint density at radius 1 is 0.984 bits per heavy atom. The summed E-state index contributed by atoms with van der Waals surface area (Å²) in [4.78, 5) is 65.1. The molecular formula is C48H71N3O11. The number of carbonyl (C=O) groups is 4. The summed E-state index contributed by atoms with van der Waals surface area (Å²) in [6.07, 6.45) is 0.158. The Morgan fingerprint density at radius 3 is 2.31 bits per heavy atom. The number of rotatable bonds is 13. The van der Waals surface area contributed by atoms with E-state index in [9.17, 15) is 24.3 Å². The van der Waals surface area contributed by atoms with E-state index >= 15 is 0 Å². The highest BCUT2D eigenvalue weighted by molar-refractivity contribution is 5.85. The predicted octanol–water partition coefficient (Wildman–Crippen LogP) is 6.19. The van der Waals surface area contributed by atoms with Crippen LogP contribution in [0.3, 0.4) is 0 Å². The number of Topliss-reactive ketones (excluding diaryl/α,β-unsaturated/α-hetero) is 1. The molecular weight excluding hydrogens is 795 g/mol. The molecule has 2 aromatic rings. The third-order valence-electron chi connectivity index (χ3n) is 13.6. The van der Waals surface area contributed by atoms with Crippen molar-refractivity contribution in [1.82, 2.24) is 14.8 Å². The van der Waals surface area contributed by atoms with Crippen molar-refractivity contribution in [2.75, 3.05) is 27.7 Å². The number of methoxy groups -OCH3 is 1. The minimum Gasteiger partial charge on any atom is -0.461 e. The van der Waals surface area contributed by atoms with E-state index < -0.39 is 89.7 Å². The van der Waals surface area contributed by atoms with Crippen LogP contribution < -0.4 is 0 Å². The maximum atomic E-state index is 14.9. The molecule has 14 heteroatoms. The summed E-state index contributed by atoms with van der Waals surface area (Å²) in [5.74, 6) is -4.67. The number of ketones is 1. The zero-order valence-electron chi connectivity index (χ0n) is 38.7. The van der Waals surface area contributed by atoms with E-state index in [1.807, 2.05) is 71.8 Å². The highest BCUT2D eigenvalue weighted by Gasteiger charge is 2.60. The van der Waals surface area contributed by atoms with Crippen molar-refractivity contribution in [3.05, 3.63) is 66.0 Å². The van der Waals surface area contributed by atoms with Crippen LogP contribution in [-0.2, 0) is 55.6 Å². The highest BCUT2D eigenvalue weighted by atomic mass is 16.7. The number of carbonyl (C=O) groups excluding carboxylic acids is 4. The number of aliphatic hydroxyl groups excluding tert-OH is 1. The second-order valence-corrected chi connectivity index (χ2v) is 18.5. The van der Waals surface area contributed by atoms with Gasteiger partial charge in [-0.15, -0.1) is 0 Å². The molecule has 62 heavy (non-hydrogen) atoms. The third-order valence-corrected chi connectivity index (χ3v) is 13.6.